The lowest BCUT2D eigenvalue weighted by Crippen LogP contribution is -2.41. The standard InChI is InChI=1S/C9H17N3O/c10-5-1-2-8-6(3-5)7(4-12-8)9(11)13/h5-8,12H,1-4,10H2,(H2,11,13). The van der Waals surface area contributed by atoms with Crippen LogP contribution in [0, 0.1) is 11.8 Å². The highest BCUT2D eigenvalue weighted by Gasteiger charge is 2.41. The zero-order valence-corrected chi connectivity index (χ0v) is 7.70. The molecule has 4 unspecified atom stereocenters. The summed E-state index contributed by atoms with van der Waals surface area (Å²) in [5, 5.41) is 3.35. The van der Waals surface area contributed by atoms with E-state index in [0.29, 0.717) is 12.0 Å². The molecule has 2 fully saturated rings. The molecule has 0 aromatic carbocycles. The van der Waals surface area contributed by atoms with Crippen molar-refractivity contribution in [2.75, 3.05) is 6.54 Å². The minimum atomic E-state index is -0.172. The number of primary amides is 1. The van der Waals surface area contributed by atoms with E-state index >= 15 is 0 Å². The molecule has 1 saturated carbocycles. The van der Waals surface area contributed by atoms with E-state index in [1.807, 2.05) is 0 Å². The van der Waals surface area contributed by atoms with Crippen molar-refractivity contribution < 1.29 is 4.79 Å². The molecule has 1 amide bonds. The predicted octanol–water partition coefficient (Wildman–Crippen LogP) is -0.813. The van der Waals surface area contributed by atoms with Crippen molar-refractivity contribution in [3.8, 4) is 0 Å². The van der Waals surface area contributed by atoms with Gasteiger partial charge in [0.05, 0.1) is 5.92 Å². The third kappa shape index (κ3) is 1.56. The Balaban J connectivity index is 2.06. The van der Waals surface area contributed by atoms with Gasteiger partial charge < -0.3 is 16.8 Å². The fraction of sp³-hybridized carbons (Fsp3) is 0.889. The Bertz CT molecular complexity index is 219. The monoisotopic (exact) mass is 183 g/mol. The minimum Gasteiger partial charge on any atom is -0.369 e. The molecule has 1 aliphatic heterocycles. The highest BCUT2D eigenvalue weighted by atomic mass is 16.1. The molecule has 1 heterocycles. The van der Waals surface area contributed by atoms with Gasteiger partial charge in [-0.1, -0.05) is 0 Å². The zero-order valence-electron chi connectivity index (χ0n) is 7.70. The Morgan fingerprint density at radius 3 is 2.85 bits per heavy atom. The Labute approximate surface area is 78.0 Å². The minimum absolute atomic E-state index is 0.0105. The maximum atomic E-state index is 11.1. The quantitative estimate of drug-likeness (QED) is 0.497. The third-order valence-electron chi connectivity index (χ3n) is 3.42. The number of fused-ring (bicyclic) bond motifs is 1. The molecule has 4 heteroatoms. The van der Waals surface area contributed by atoms with Crippen LogP contribution < -0.4 is 16.8 Å². The normalized spacial score (nSPS) is 44.4. The number of carbonyl (C=O) groups excluding carboxylic acids is 1. The van der Waals surface area contributed by atoms with Gasteiger partial charge in [-0.05, 0) is 25.2 Å². The summed E-state index contributed by atoms with van der Waals surface area (Å²) in [5.74, 6) is 0.228. The number of hydrogen-bond acceptors (Lipinski definition) is 3. The van der Waals surface area contributed by atoms with Crippen LogP contribution in [0.3, 0.4) is 0 Å². The Kier molecular flexibility index (Phi) is 2.26. The van der Waals surface area contributed by atoms with Gasteiger partial charge in [-0.25, -0.2) is 0 Å². The lowest BCUT2D eigenvalue weighted by molar-refractivity contribution is -0.122. The first-order chi connectivity index (χ1) is 6.18. The first-order valence-electron chi connectivity index (χ1n) is 4.96. The highest BCUT2D eigenvalue weighted by molar-refractivity contribution is 5.77. The van der Waals surface area contributed by atoms with Crippen LogP contribution in [0.4, 0.5) is 0 Å². The van der Waals surface area contributed by atoms with Crippen LogP contribution in [0.1, 0.15) is 19.3 Å². The molecule has 2 rings (SSSR count). The summed E-state index contributed by atoms with van der Waals surface area (Å²) in [4.78, 5) is 11.1. The molecule has 0 bridgehead atoms. The summed E-state index contributed by atoms with van der Waals surface area (Å²) in [5.41, 5.74) is 11.2. The molecule has 5 N–H and O–H groups in total. The second-order valence-corrected chi connectivity index (χ2v) is 4.26. The van der Waals surface area contributed by atoms with Crippen molar-refractivity contribution in [2.24, 2.45) is 23.3 Å². The zero-order chi connectivity index (χ0) is 9.42. The molecule has 0 aromatic rings. The van der Waals surface area contributed by atoms with Crippen LogP contribution in [0.5, 0.6) is 0 Å². The molecule has 1 aliphatic carbocycles. The Morgan fingerprint density at radius 1 is 1.38 bits per heavy atom. The lowest BCUT2D eigenvalue weighted by atomic mass is 9.77. The fourth-order valence-electron chi connectivity index (χ4n) is 2.68. The van der Waals surface area contributed by atoms with E-state index in [0.717, 1.165) is 25.8 Å². The molecule has 0 spiro atoms. The van der Waals surface area contributed by atoms with Crippen LogP contribution in [0.2, 0.25) is 0 Å². The van der Waals surface area contributed by atoms with Gasteiger partial charge in [0.2, 0.25) is 5.91 Å². The molecule has 4 nitrogen and oxygen atoms in total. The Hall–Kier alpha value is -0.610. The van der Waals surface area contributed by atoms with E-state index in [1.54, 1.807) is 0 Å². The molecule has 0 aromatic heterocycles. The predicted molar refractivity (Wildman–Crippen MR) is 49.8 cm³/mol. The average molecular weight is 183 g/mol. The summed E-state index contributed by atoms with van der Waals surface area (Å²) in [7, 11) is 0. The van der Waals surface area contributed by atoms with E-state index in [2.05, 4.69) is 5.32 Å². The van der Waals surface area contributed by atoms with Crippen LogP contribution in [0.25, 0.3) is 0 Å². The summed E-state index contributed by atoms with van der Waals surface area (Å²) in [6, 6.07) is 0.750. The van der Waals surface area contributed by atoms with Gasteiger partial charge in [-0.3, -0.25) is 4.79 Å². The SMILES string of the molecule is NC(=O)C1CNC2CCC(N)CC21. The van der Waals surface area contributed by atoms with Crippen molar-refractivity contribution in [3.05, 3.63) is 0 Å². The van der Waals surface area contributed by atoms with Gasteiger partial charge in [0.25, 0.3) is 0 Å². The average Bonchev–Trinajstić information content (AvgIpc) is 2.46. The Morgan fingerprint density at radius 2 is 2.15 bits per heavy atom. The number of nitrogens with two attached hydrogens (primary N) is 2. The molecule has 13 heavy (non-hydrogen) atoms. The van der Waals surface area contributed by atoms with Gasteiger partial charge >= 0.3 is 0 Å². The largest absolute Gasteiger partial charge is 0.369 e. The molecular weight excluding hydrogens is 166 g/mol. The van der Waals surface area contributed by atoms with Crippen molar-refractivity contribution in [1.82, 2.24) is 5.32 Å². The van der Waals surface area contributed by atoms with E-state index in [4.69, 9.17) is 11.5 Å². The topological polar surface area (TPSA) is 81.1 Å². The molecule has 74 valence electrons. The molecular formula is C9H17N3O. The fourth-order valence-corrected chi connectivity index (χ4v) is 2.68. The van der Waals surface area contributed by atoms with Crippen molar-refractivity contribution in [3.63, 3.8) is 0 Å². The van der Waals surface area contributed by atoms with Crippen LogP contribution in [-0.4, -0.2) is 24.5 Å². The molecule has 2 aliphatic rings. The number of carbonyl (C=O) groups is 1. The number of rotatable bonds is 1. The van der Waals surface area contributed by atoms with Gasteiger partial charge in [-0.2, -0.15) is 0 Å². The smallest absolute Gasteiger partial charge is 0.222 e. The third-order valence-corrected chi connectivity index (χ3v) is 3.42. The van der Waals surface area contributed by atoms with Gasteiger partial charge in [-0.15, -0.1) is 0 Å². The maximum Gasteiger partial charge on any atom is 0.222 e. The summed E-state index contributed by atoms with van der Waals surface area (Å²) >= 11 is 0. The first-order valence-corrected chi connectivity index (χ1v) is 4.96. The number of amides is 1. The second kappa shape index (κ2) is 3.27. The first kappa shape index (κ1) is 8.97. The van der Waals surface area contributed by atoms with Crippen molar-refractivity contribution in [1.29, 1.82) is 0 Å². The van der Waals surface area contributed by atoms with Crippen LogP contribution in [0.15, 0.2) is 0 Å². The van der Waals surface area contributed by atoms with Crippen molar-refractivity contribution >= 4 is 5.91 Å². The van der Waals surface area contributed by atoms with Crippen LogP contribution in [-0.2, 0) is 4.79 Å². The van der Waals surface area contributed by atoms with Crippen molar-refractivity contribution in [2.45, 2.75) is 31.3 Å². The summed E-state index contributed by atoms with van der Waals surface area (Å²) in [6.07, 6.45) is 3.11. The molecule has 4 atom stereocenters. The summed E-state index contributed by atoms with van der Waals surface area (Å²) < 4.78 is 0. The van der Waals surface area contributed by atoms with Gasteiger partial charge in [0, 0.05) is 18.6 Å². The van der Waals surface area contributed by atoms with Crippen LogP contribution >= 0.6 is 0 Å². The summed E-state index contributed by atoms with van der Waals surface area (Å²) in [6.45, 7) is 0.747. The molecule has 0 radical (unpaired) electrons. The maximum absolute atomic E-state index is 11.1. The lowest BCUT2D eigenvalue weighted by Gasteiger charge is -2.31. The van der Waals surface area contributed by atoms with E-state index < -0.39 is 0 Å². The van der Waals surface area contributed by atoms with E-state index in [9.17, 15) is 4.79 Å². The number of hydrogen-bond donors (Lipinski definition) is 3. The second-order valence-electron chi connectivity index (χ2n) is 4.26. The number of nitrogens with one attached hydrogen (secondary N) is 1. The molecule has 1 saturated heterocycles. The van der Waals surface area contributed by atoms with Gasteiger partial charge in [0.15, 0.2) is 0 Å². The van der Waals surface area contributed by atoms with E-state index in [-0.39, 0.29) is 17.9 Å². The van der Waals surface area contributed by atoms with E-state index in [1.165, 1.54) is 0 Å². The van der Waals surface area contributed by atoms with Gasteiger partial charge in [0.1, 0.15) is 0 Å². The highest BCUT2D eigenvalue weighted by Crippen LogP contribution is 2.33.